The molecular formula is C17H26N2O2. The highest BCUT2D eigenvalue weighted by atomic mass is 16.6. The van der Waals surface area contributed by atoms with Crippen LogP contribution in [-0.4, -0.2) is 36.2 Å². The van der Waals surface area contributed by atoms with E-state index in [1.807, 2.05) is 20.8 Å². The minimum absolute atomic E-state index is 0.337. The van der Waals surface area contributed by atoms with E-state index in [9.17, 15) is 4.79 Å². The number of carbonyl (C=O) groups is 1. The summed E-state index contributed by atoms with van der Waals surface area (Å²) in [6.45, 7) is 11.2. The number of carbonyl (C=O) groups excluding carboxylic acids is 1. The normalized spacial score (nSPS) is 15.4. The summed E-state index contributed by atoms with van der Waals surface area (Å²) in [5.74, 6) is 0. The SMILES string of the molecule is Cc1ccc2c(c1)CN(CCNC(=O)OC(C)(C)C)CC2. The van der Waals surface area contributed by atoms with Crippen molar-refractivity contribution in [2.45, 2.75) is 46.3 Å². The molecule has 0 fully saturated rings. The molecule has 0 aliphatic carbocycles. The van der Waals surface area contributed by atoms with Gasteiger partial charge in [0.1, 0.15) is 5.60 Å². The number of nitrogens with zero attached hydrogens (tertiary/aromatic N) is 1. The predicted molar refractivity (Wildman–Crippen MR) is 84.4 cm³/mol. The Morgan fingerprint density at radius 2 is 2.10 bits per heavy atom. The van der Waals surface area contributed by atoms with Gasteiger partial charge in [-0.2, -0.15) is 0 Å². The van der Waals surface area contributed by atoms with Gasteiger partial charge in [-0.05, 0) is 45.2 Å². The molecule has 1 aliphatic rings. The highest BCUT2D eigenvalue weighted by molar-refractivity contribution is 5.67. The minimum Gasteiger partial charge on any atom is -0.444 e. The van der Waals surface area contributed by atoms with E-state index in [4.69, 9.17) is 4.74 Å². The average Bonchev–Trinajstić information content (AvgIpc) is 2.36. The van der Waals surface area contributed by atoms with Crippen molar-refractivity contribution in [3.63, 3.8) is 0 Å². The number of aryl methyl sites for hydroxylation is 1. The molecule has 1 aromatic rings. The van der Waals surface area contributed by atoms with Gasteiger partial charge in [0.05, 0.1) is 0 Å². The van der Waals surface area contributed by atoms with Gasteiger partial charge in [0.2, 0.25) is 0 Å². The molecule has 0 atom stereocenters. The maximum atomic E-state index is 11.6. The molecule has 21 heavy (non-hydrogen) atoms. The third-order valence-electron chi connectivity index (χ3n) is 3.55. The lowest BCUT2D eigenvalue weighted by atomic mass is 9.98. The second-order valence-corrected chi connectivity index (χ2v) is 6.73. The number of fused-ring (bicyclic) bond motifs is 1. The summed E-state index contributed by atoms with van der Waals surface area (Å²) in [5, 5.41) is 2.82. The van der Waals surface area contributed by atoms with Crippen molar-refractivity contribution in [2.75, 3.05) is 19.6 Å². The predicted octanol–water partition coefficient (Wildman–Crippen LogP) is 2.88. The number of benzene rings is 1. The highest BCUT2D eigenvalue weighted by Gasteiger charge is 2.18. The van der Waals surface area contributed by atoms with Gasteiger partial charge >= 0.3 is 6.09 Å². The molecular weight excluding hydrogens is 264 g/mol. The zero-order chi connectivity index (χ0) is 15.5. The van der Waals surface area contributed by atoms with Gasteiger partial charge in [-0.3, -0.25) is 4.90 Å². The lowest BCUT2D eigenvalue weighted by Crippen LogP contribution is -2.39. The lowest BCUT2D eigenvalue weighted by molar-refractivity contribution is 0.0521. The number of rotatable bonds is 3. The summed E-state index contributed by atoms with van der Waals surface area (Å²) >= 11 is 0. The molecule has 2 rings (SSSR count). The zero-order valence-corrected chi connectivity index (χ0v) is 13.5. The number of amides is 1. The Bertz CT molecular complexity index is 506. The molecule has 0 unspecified atom stereocenters. The summed E-state index contributed by atoms with van der Waals surface area (Å²) in [6.07, 6.45) is 0.748. The van der Waals surface area contributed by atoms with Crippen molar-refractivity contribution in [3.8, 4) is 0 Å². The minimum atomic E-state index is -0.439. The summed E-state index contributed by atoms with van der Waals surface area (Å²) in [5.41, 5.74) is 3.74. The quantitative estimate of drug-likeness (QED) is 0.930. The van der Waals surface area contributed by atoms with Crippen LogP contribution in [-0.2, 0) is 17.7 Å². The molecule has 1 heterocycles. The Morgan fingerprint density at radius 3 is 2.81 bits per heavy atom. The van der Waals surface area contributed by atoms with Crippen molar-refractivity contribution >= 4 is 6.09 Å². The topological polar surface area (TPSA) is 41.6 Å². The fraction of sp³-hybridized carbons (Fsp3) is 0.588. The van der Waals surface area contributed by atoms with Crippen LogP contribution in [0.25, 0.3) is 0 Å². The first-order valence-corrected chi connectivity index (χ1v) is 7.61. The molecule has 1 amide bonds. The molecule has 4 heteroatoms. The van der Waals surface area contributed by atoms with E-state index in [1.54, 1.807) is 0 Å². The molecule has 0 saturated heterocycles. The third-order valence-corrected chi connectivity index (χ3v) is 3.55. The zero-order valence-electron chi connectivity index (χ0n) is 13.5. The maximum Gasteiger partial charge on any atom is 0.407 e. The molecule has 1 N–H and O–H groups in total. The van der Waals surface area contributed by atoms with Crippen LogP contribution in [0.5, 0.6) is 0 Å². The van der Waals surface area contributed by atoms with E-state index in [-0.39, 0.29) is 6.09 Å². The van der Waals surface area contributed by atoms with Crippen LogP contribution in [0, 0.1) is 6.92 Å². The molecule has 116 valence electrons. The summed E-state index contributed by atoms with van der Waals surface area (Å²) in [4.78, 5) is 14.0. The van der Waals surface area contributed by atoms with Crippen molar-refractivity contribution in [2.24, 2.45) is 0 Å². The molecule has 4 nitrogen and oxygen atoms in total. The Balaban J connectivity index is 1.77. The molecule has 0 bridgehead atoms. The van der Waals surface area contributed by atoms with Crippen molar-refractivity contribution in [1.29, 1.82) is 0 Å². The first-order chi connectivity index (χ1) is 9.83. The summed E-state index contributed by atoms with van der Waals surface area (Å²) in [7, 11) is 0. The van der Waals surface area contributed by atoms with Crippen LogP contribution < -0.4 is 5.32 Å². The first-order valence-electron chi connectivity index (χ1n) is 7.61. The average molecular weight is 290 g/mol. The maximum absolute atomic E-state index is 11.6. The lowest BCUT2D eigenvalue weighted by Gasteiger charge is -2.29. The Kier molecular flexibility index (Phi) is 4.88. The second kappa shape index (κ2) is 6.48. The number of hydrogen-bond acceptors (Lipinski definition) is 3. The summed E-state index contributed by atoms with van der Waals surface area (Å²) < 4.78 is 5.23. The highest BCUT2D eigenvalue weighted by Crippen LogP contribution is 2.19. The van der Waals surface area contributed by atoms with E-state index >= 15 is 0 Å². The van der Waals surface area contributed by atoms with Gasteiger partial charge in [-0.15, -0.1) is 0 Å². The van der Waals surface area contributed by atoms with Gasteiger partial charge in [-0.25, -0.2) is 4.79 Å². The number of ether oxygens (including phenoxy) is 1. The first kappa shape index (κ1) is 15.8. The Morgan fingerprint density at radius 1 is 1.33 bits per heavy atom. The second-order valence-electron chi connectivity index (χ2n) is 6.73. The van der Waals surface area contributed by atoms with Crippen LogP contribution in [0.15, 0.2) is 18.2 Å². The van der Waals surface area contributed by atoms with Gasteiger partial charge in [0.25, 0.3) is 0 Å². The molecule has 0 saturated carbocycles. The van der Waals surface area contributed by atoms with Gasteiger partial charge in [0, 0.05) is 26.2 Å². The molecule has 1 aliphatic heterocycles. The third kappa shape index (κ3) is 5.05. The fourth-order valence-corrected chi connectivity index (χ4v) is 2.57. The van der Waals surface area contributed by atoms with Crippen molar-refractivity contribution in [1.82, 2.24) is 10.2 Å². The van der Waals surface area contributed by atoms with Crippen LogP contribution in [0.1, 0.15) is 37.5 Å². The van der Waals surface area contributed by atoms with Crippen LogP contribution in [0.2, 0.25) is 0 Å². The van der Waals surface area contributed by atoms with Gasteiger partial charge in [-0.1, -0.05) is 23.8 Å². The Labute approximate surface area is 127 Å². The number of nitrogens with one attached hydrogen (secondary N) is 1. The van der Waals surface area contributed by atoms with Gasteiger partial charge < -0.3 is 10.1 Å². The number of alkyl carbamates (subject to hydrolysis) is 1. The van der Waals surface area contributed by atoms with E-state index < -0.39 is 5.60 Å². The van der Waals surface area contributed by atoms with E-state index in [2.05, 4.69) is 35.3 Å². The molecule has 0 aromatic heterocycles. The van der Waals surface area contributed by atoms with E-state index in [1.165, 1.54) is 16.7 Å². The molecule has 0 radical (unpaired) electrons. The van der Waals surface area contributed by atoms with E-state index in [0.717, 1.165) is 26.1 Å². The number of hydrogen-bond donors (Lipinski definition) is 1. The Hall–Kier alpha value is -1.55. The summed E-state index contributed by atoms with van der Waals surface area (Å²) in [6, 6.07) is 6.68. The van der Waals surface area contributed by atoms with Crippen LogP contribution >= 0.6 is 0 Å². The smallest absolute Gasteiger partial charge is 0.407 e. The van der Waals surface area contributed by atoms with E-state index in [0.29, 0.717) is 6.54 Å². The van der Waals surface area contributed by atoms with Crippen molar-refractivity contribution in [3.05, 3.63) is 34.9 Å². The monoisotopic (exact) mass is 290 g/mol. The molecule has 1 aromatic carbocycles. The standard InChI is InChI=1S/C17H26N2O2/c1-13-5-6-14-7-9-19(12-15(14)11-13)10-8-18-16(20)21-17(2,3)4/h5-6,11H,7-10,12H2,1-4H3,(H,18,20). The van der Waals surface area contributed by atoms with Crippen LogP contribution in [0.3, 0.4) is 0 Å². The van der Waals surface area contributed by atoms with Crippen LogP contribution in [0.4, 0.5) is 4.79 Å². The molecule has 0 spiro atoms. The largest absolute Gasteiger partial charge is 0.444 e. The fourth-order valence-electron chi connectivity index (χ4n) is 2.57. The van der Waals surface area contributed by atoms with Gasteiger partial charge in [0.15, 0.2) is 0 Å². The van der Waals surface area contributed by atoms with Crippen molar-refractivity contribution < 1.29 is 9.53 Å².